The van der Waals surface area contributed by atoms with Crippen LogP contribution in [-0.4, -0.2) is 42.2 Å². The third-order valence-electron chi connectivity index (χ3n) is 2.57. The molecule has 3 N–H and O–H groups in total. The quantitative estimate of drug-likeness (QED) is 0.769. The summed E-state index contributed by atoms with van der Waals surface area (Å²) in [5.41, 5.74) is 6.94. The summed E-state index contributed by atoms with van der Waals surface area (Å²) in [5, 5.41) is 2.82. The molecule has 2 rings (SSSR count). The molecule has 17 heavy (non-hydrogen) atoms. The highest BCUT2D eigenvalue weighted by Crippen LogP contribution is 2.02. The van der Waals surface area contributed by atoms with Crippen LogP contribution in [0.25, 0.3) is 0 Å². The molecule has 0 spiro atoms. The first-order chi connectivity index (χ1) is 8.25. The summed E-state index contributed by atoms with van der Waals surface area (Å²) in [6, 6.07) is 3.49. The first kappa shape index (κ1) is 11.7. The molecular formula is C11H16N4O2. The molecule has 1 fully saturated rings. The van der Waals surface area contributed by atoms with Gasteiger partial charge in [-0.1, -0.05) is 0 Å². The second-order valence-electron chi connectivity index (χ2n) is 3.84. The third kappa shape index (κ3) is 3.32. The van der Waals surface area contributed by atoms with Crippen molar-refractivity contribution in [3.8, 4) is 0 Å². The maximum absolute atomic E-state index is 11.7. The molecule has 0 radical (unpaired) electrons. The Morgan fingerprint density at radius 2 is 2.24 bits per heavy atom. The van der Waals surface area contributed by atoms with Gasteiger partial charge in [-0.2, -0.15) is 0 Å². The molecule has 1 aromatic heterocycles. The molecule has 0 saturated carbocycles. The molecule has 1 aliphatic heterocycles. The highest BCUT2D eigenvalue weighted by molar-refractivity contribution is 5.74. The fourth-order valence-electron chi connectivity index (χ4n) is 1.58. The lowest BCUT2D eigenvalue weighted by Gasteiger charge is -2.26. The number of anilines is 1. The number of morpholine rings is 1. The third-order valence-corrected chi connectivity index (χ3v) is 2.57. The van der Waals surface area contributed by atoms with Crippen molar-refractivity contribution < 1.29 is 9.53 Å². The predicted molar refractivity (Wildman–Crippen MR) is 63.3 cm³/mol. The van der Waals surface area contributed by atoms with E-state index in [2.05, 4.69) is 10.3 Å². The Morgan fingerprint density at radius 3 is 2.88 bits per heavy atom. The van der Waals surface area contributed by atoms with Crippen LogP contribution in [0.15, 0.2) is 18.3 Å². The Hall–Kier alpha value is -1.82. The minimum absolute atomic E-state index is 0.0769. The van der Waals surface area contributed by atoms with Gasteiger partial charge in [-0.3, -0.25) is 4.98 Å². The summed E-state index contributed by atoms with van der Waals surface area (Å²) in [6.07, 6.45) is 1.58. The van der Waals surface area contributed by atoms with E-state index in [0.717, 1.165) is 5.69 Å². The van der Waals surface area contributed by atoms with E-state index in [1.165, 1.54) is 0 Å². The van der Waals surface area contributed by atoms with Crippen molar-refractivity contribution in [3.63, 3.8) is 0 Å². The molecule has 1 aromatic rings. The minimum Gasteiger partial charge on any atom is -0.397 e. The van der Waals surface area contributed by atoms with Crippen molar-refractivity contribution >= 4 is 11.7 Å². The summed E-state index contributed by atoms with van der Waals surface area (Å²) >= 11 is 0. The van der Waals surface area contributed by atoms with Crippen LogP contribution in [0.2, 0.25) is 0 Å². The van der Waals surface area contributed by atoms with Gasteiger partial charge in [0.25, 0.3) is 0 Å². The molecule has 0 aromatic carbocycles. The number of carbonyl (C=O) groups excluding carboxylic acids is 1. The first-order valence-electron chi connectivity index (χ1n) is 5.56. The molecule has 0 aliphatic carbocycles. The van der Waals surface area contributed by atoms with Crippen LogP contribution in [0.3, 0.4) is 0 Å². The van der Waals surface area contributed by atoms with Gasteiger partial charge in [0.1, 0.15) is 0 Å². The molecule has 1 saturated heterocycles. The zero-order chi connectivity index (χ0) is 12.1. The highest BCUT2D eigenvalue weighted by atomic mass is 16.5. The van der Waals surface area contributed by atoms with Gasteiger partial charge < -0.3 is 20.7 Å². The standard InChI is InChI=1S/C11H16N4O2/c12-9-1-2-10(13-7-9)8-14-11(16)15-3-5-17-6-4-15/h1-2,7H,3-6,8,12H2,(H,14,16). The largest absolute Gasteiger partial charge is 0.397 e. The fourth-order valence-corrected chi connectivity index (χ4v) is 1.58. The van der Waals surface area contributed by atoms with Crippen LogP contribution in [0.1, 0.15) is 5.69 Å². The molecule has 0 atom stereocenters. The van der Waals surface area contributed by atoms with Gasteiger partial charge in [-0.15, -0.1) is 0 Å². The van der Waals surface area contributed by atoms with E-state index in [-0.39, 0.29) is 6.03 Å². The van der Waals surface area contributed by atoms with E-state index >= 15 is 0 Å². The summed E-state index contributed by atoms with van der Waals surface area (Å²) in [6.45, 7) is 2.90. The van der Waals surface area contributed by atoms with Gasteiger partial charge >= 0.3 is 6.03 Å². The number of rotatable bonds is 2. The van der Waals surface area contributed by atoms with E-state index < -0.39 is 0 Å². The molecule has 2 amide bonds. The van der Waals surface area contributed by atoms with Crippen molar-refractivity contribution in [2.75, 3.05) is 32.0 Å². The molecule has 6 heteroatoms. The number of carbonyl (C=O) groups is 1. The summed E-state index contributed by atoms with van der Waals surface area (Å²) in [4.78, 5) is 17.6. The average molecular weight is 236 g/mol. The van der Waals surface area contributed by atoms with Crippen molar-refractivity contribution in [2.45, 2.75) is 6.54 Å². The van der Waals surface area contributed by atoms with Crippen molar-refractivity contribution in [3.05, 3.63) is 24.0 Å². The molecule has 6 nitrogen and oxygen atoms in total. The van der Waals surface area contributed by atoms with Crippen LogP contribution in [0.5, 0.6) is 0 Å². The average Bonchev–Trinajstić information content (AvgIpc) is 2.39. The number of ether oxygens (including phenoxy) is 1. The van der Waals surface area contributed by atoms with Crippen molar-refractivity contribution in [2.24, 2.45) is 0 Å². The Morgan fingerprint density at radius 1 is 1.47 bits per heavy atom. The Kier molecular flexibility index (Phi) is 3.77. The monoisotopic (exact) mass is 236 g/mol. The summed E-state index contributed by atoms with van der Waals surface area (Å²) in [5.74, 6) is 0. The van der Waals surface area contributed by atoms with E-state index in [0.29, 0.717) is 38.5 Å². The topological polar surface area (TPSA) is 80.5 Å². The Bertz CT molecular complexity index is 374. The van der Waals surface area contributed by atoms with Gasteiger partial charge in [0, 0.05) is 13.1 Å². The van der Waals surface area contributed by atoms with Gasteiger partial charge in [0.15, 0.2) is 0 Å². The van der Waals surface area contributed by atoms with Crippen LogP contribution in [-0.2, 0) is 11.3 Å². The SMILES string of the molecule is Nc1ccc(CNC(=O)N2CCOCC2)nc1. The number of hydrogen-bond donors (Lipinski definition) is 2. The predicted octanol–water partition coefficient (Wildman–Crippen LogP) is 0.206. The van der Waals surface area contributed by atoms with E-state index in [9.17, 15) is 4.79 Å². The van der Waals surface area contributed by atoms with Crippen LogP contribution < -0.4 is 11.1 Å². The molecular weight excluding hydrogens is 220 g/mol. The minimum atomic E-state index is -0.0769. The maximum atomic E-state index is 11.7. The lowest BCUT2D eigenvalue weighted by atomic mass is 10.3. The van der Waals surface area contributed by atoms with E-state index in [1.807, 2.05) is 0 Å². The number of nitrogens with two attached hydrogens (primary N) is 1. The number of nitrogens with one attached hydrogen (secondary N) is 1. The van der Waals surface area contributed by atoms with Gasteiger partial charge in [0.05, 0.1) is 37.3 Å². The summed E-state index contributed by atoms with van der Waals surface area (Å²) in [7, 11) is 0. The van der Waals surface area contributed by atoms with Crippen LogP contribution >= 0.6 is 0 Å². The number of nitrogen functional groups attached to an aromatic ring is 1. The molecule has 0 unspecified atom stereocenters. The van der Waals surface area contributed by atoms with Crippen LogP contribution in [0.4, 0.5) is 10.5 Å². The smallest absolute Gasteiger partial charge is 0.317 e. The van der Waals surface area contributed by atoms with Gasteiger partial charge in [0.2, 0.25) is 0 Å². The number of aromatic nitrogens is 1. The zero-order valence-electron chi connectivity index (χ0n) is 9.56. The lowest BCUT2D eigenvalue weighted by Crippen LogP contribution is -2.45. The van der Waals surface area contributed by atoms with Gasteiger partial charge in [-0.05, 0) is 12.1 Å². The Labute approximate surface area is 99.8 Å². The zero-order valence-corrected chi connectivity index (χ0v) is 9.56. The number of amides is 2. The second-order valence-corrected chi connectivity index (χ2v) is 3.84. The van der Waals surface area contributed by atoms with E-state index in [1.54, 1.807) is 23.2 Å². The first-order valence-corrected chi connectivity index (χ1v) is 5.56. The highest BCUT2D eigenvalue weighted by Gasteiger charge is 2.15. The van der Waals surface area contributed by atoms with Gasteiger partial charge in [-0.25, -0.2) is 4.79 Å². The fraction of sp³-hybridized carbons (Fsp3) is 0.455. The lowest BCUT2D eigenvalue weighted by molar-refractivity contribution is 0.0531. The molecule has 92 valence electrons. The second kappa shape index (κ2) is 5.49. The number of nitrogens with zero attached hydrogens (tertiary/aromatic N) is 2. The Balaban J connectivity index is 1.81. The normalized spacial score (nSPS) is 15.6. The van der Waals surface area contributed by atoms with Crippen molar-refractivity contribution in [1.82, 2.24) is 15.2 Å². The number of pyridine rings is 1. The number of hydrogen-bond acceptors (Lipinski definition) is 4. The van der Waals surface area contributed by atoms with Crippen LogP contribution in [0, 0.1) is 0 Å². The molecule has 1 aliphatic rings. The van der Waals surface area contributed by atoms with Crippen molar-refractivity contribution in [1.29, 1.82) is 0 Å². The maximum Gasteiger partial charge on any atom is 0.317 e. The molecule has 2 heterocycles. The summed E-state index contributed by atoms with van der Waals surface area (Å²) < 4.78 is 5.18. The molecule has 0 bridgehead atoms. The number of urea groups is 1. The van der Waals surface area contributed by atoms with E-state index in [4.69, 9.17) is 10.5 Å².